The van der Waals surface area contributed by atoms with Crippen LogP contribution in [0.1, 0.15) is 23.5 Å². The molecule has 1 N–H and O–H groups in total. The van der Waals surface area contributed by atoms with Crippen molar-refractivity contribution in [2.24, 2.45) is 0 Å². The Hall–Kier alpha value is -1.63. The highest BCUT2D eigenvalue weighted by Gasteiger charge is 2.24. The van der Waals surface area contributed by atoms with Gasteiger partial charge in [-0.2, -0.15) is 4.98 Å². The molecule has 1 unspecified atom stereocenters. The summed E-state index contributed by atoms with van der Waals surface area (Å²) < 4.78 is 10.4. The molecule has 0 aliphatic carbocycles. The number of hydrogen-bond donors (Lipinski definition) is 1. The van der Waals surface area contributed by atoms with E-state index in [0.29, 0.717) is 11.7 Å². The second-order valence-corrected chi connectivity index (χ2v) is 4.54. The van der Waals surface area contributed by atoms with Crippen molar-refractivity contribution in [2.45, 2.75) is 6.04 Å². The molecule has 1 aliphatic rings. The van der Waals surface area contributed by atoms with E-state index in [0.717, 1.165) is 25.4 Å². The minimum absolute atomic E-state index is 0. The van der Waals surface area contributed by atoms with Crippen molar-refractivity contribution in [2.75, 3.05) is 26.7 Å². The van der Waals surface area contributed by atoms with E-state index in [4.69, 9.17) is 8.94 Å². The molecule has 0 amide bonds. The standard InChI is InChI=1S/C13H16N4O2.ClH/c1-17-7-6-14-9-11(17)13-15-12(19-16-13)5-4-10-3-2-8-18-10;/h2-5,8,11,14H,6-7,9H2,1H3;1H/b5-4+;. The van der Waals surface area contributed by atoms with E-state index in [1.54, 1.807) is 18.4 Å². The molecule has 108 valence electrons. The molecule has 0 aromatic carbocycles. The van der Waals surface area contributed by atoms with E-state index in [1.807, 2.05) is 12.1 Å². The minimum Gasteiger partial charge on any atom is -0.465 e. The number of piperazine rings is 1. The van der Waals surface area contributed by atoms with E-state index in [9.17, 15) is 0 Å². The summed E-state index contributed by atoms with van der Waals surface area (Å²) in [5.41, 5.74) is 0. The summed E-state index contributed by atoms with van der Waals surface area (Å²) in [5, 5.41) is 7.37. The first-order valence-corrected chi connectivity index (χ1v) is 6.29. The van der Waals surface area contributed by atoms with Gasteiger partial charge in [0.05, 0.1) is 12.3 Å². The van der Waals surface area contributed by atoms with Gasteiger partial charge in [0.1, 0.15) is 5.76 Å². The molecule has 3 rings (SSSR count). The molecule has 0 spiro atoms. The van der Waals surface area contributed by atoms with Gasteiger partial charge in [-0.25, -0.2) is 0 Å². The fourth-order valence-electron chi connectivity index (χ4n) is 2.08. The van der Waals surface area contributed by atoms with Crippen LogP contribution in [0.5, 0.6) is 0 Å². The number of likely N-dealkylation sites (N-methyl/N-ethyl adjacent to an activating group) is 1. The predicted molar refractivity (Wildman–Crippen MR) is 77.4 cm³/mol. The number of hydrogen-bond acceptors (Lipinski definition) is 6. The first-order valence-electron chi connectivity index (χ1n) is 6.29. The maximum atomic E-state index is 5.22. The zero-order valence-corrected chi connectivity index (χ0v) is 12.0. The van der Waals surface area contributed by atoms with Gasteiger partial charge in [0, 0.05) is 25.7 Å². The molecule has 2 aromatic heterocycles. The zero-order valence-electron chi connectivity index (χ0n) is 11.2. The molecule has 20 heavy (non-hydrogen) atoms. The number of nitrogens with one attached hydrogen (secondary N) is 1. The molecule has 1 aliphatic heterocycles. The normalized spacial score (nSPS) is 20.1. The van der Waals surface area contributed by atoms with Gasteiger partial charge in [-0.3, -0.25) is 4.90 Å². The summed E-state index contributed by atoms with van der Waals surface area (Å²) in [6.07, 6.45) is 5.19. The Kier molecular flexibility index (Phi) is 4.94. The fraction of sp³-hybridized carbons (Fsp3) is 0.385. The molecule has 3 heterocycles. The molecule has 0 radical (unpaired) electrons. The quantitative estimate of drug-likeness (QED) is 0.932. The maximum absolute atomic E-state index is 5.22. The van der Waals surface area contributed by atoms with E-state index in [1.165, 1.54) is 0 Å². The summed E-state index contributed by atoms with van der Waals surface area (Å²) in [5.74, 6) is 1.97. The Morgan fingerprint density at radius 3 is 3.10 bits per heavy atom. The van der Waals surface area contributed by atoms with Gasteiger partial charge < -0.3 is 14.3 Å². The second-order valence-electron chi connectivity index (χ2n) is 4.54. The van der Waals surface area contributed by atoms with E-state index < -0.39 is 0 Å². The lowest BCUT2D eigenvalue weighted by atomic mass is 10.2. The van der Waals surface area contributed by atoms with Crippen LogP contribution in [0.4, 0.5) is 0 Å². The highest BCUT2D eigenvalue weighted by molar-refractivity contribution is 5.85. The lowest BCUT2D eigenvalue weighted by Crippen LogP contribution is -2.44. The molecular weight excluding hydrogens is 280 g/mol. The van der Waals surface area contributed by atoms with Gasteiger partial charge >= 0.3 is 0 Å². The van der Waals surface area contributed by atoms with E-state index >= 15 is 0 Å². The van der Waals surface area contributed by atoms with Crippen molar-refractivity contribution in [1.29, 1.82) is 0 Å². The van der Waals surface area contributed by atoms with Gasteiger partial charge in [0.15, 0.2) is 5.82 Å². The monoisotopic (exact) mass is 296 g/mol. The molecule has 1 saturated heterocycles. The van der Waals surface area contributed by atoms with Gasteiger partial charge in [0.2, 0.25) is 0 Å². The molecule has 6 nitrogen and oxygen atoms in total. The Morgan fingerprint density at radius 1 is 1.45 bits per heavy atom. The molecule has 1 atom stereocenters. The summed E-state index contributed by atoms with van der Waals surface area (Å²) in [4.78, 5) is 6.62. The van der Waals surface area contributed by atoms with E-state index in [-0.39, 0.29) is 18.4 Å². The second kappa shape index (κ2) is 6.69. The largest absolute Gasteiger partial charge is 0.465 e. The molecule has 0 bridgehead atoms. The smallest absolute Gasteiger partial charge is 0.250 e. The zero-order chi connectivity index (χ0) is 13.1. The Bertz CT molecular complexity index is 552. The third kappa shape index (κ3) is 3.27. The first-order chi connectivity index (χ1) is 9.33. The van der Waals surface area contributed by atoms with Crippen LogP contribution in [0.25, 0.3) is 12.2 Å². The van der Waals surface area contributed by atoms with Crippen molar-refractivity contribution in [3.05, 3.63) is 35.9 Å². The number of rotatable bonds is 3. The number of aromatic nitrogens is 2. The van der Waals surface area contributed by atoms with E-state index in [2.05, 4.69) is 27.4 Å². The highest BCUT2D eigenvalue weighted by Crippen LogP contribution is 2.18. The van der Waals surface area contributed by atoms with Crippen molar-refractivity contribution < 1.29 is 8.94 Å². The minimum atomic E-state index is 0. The topological polar surface area (TPSA) is 67.3 Å². The summed E-state index contributed by atoms with van der Waals surface area (Å²) in [6.45, 7) is 2.82. The maximum Gasteiger partial charge on any atom is 0.250 e. The molecule has 7 heteroatoms. The van der Waals surface area contributed by atoms with Crippen LogP contribution in [0.2, 0.25) is 0 Å². The summed E-state index contributed by atoms with van der Waals surface area (Å²) >= 11 is 0. The van der Waals surface area contributed by atoms with Crippen LogP contribution in [0.3, 0.4) is 0 Å². The van der Waals surface area contributed by atoms with Crippen molar-refractivity contribution >= 4 is 24.6 Å². The van der Waals surface area contributed by atoms with Gasteiger partial charge in [0.25, 0.3) is 5.89 Å². The lowest BCUT2D eigenvalue weighted by molar-refractivity contribution is 0.190. The highest BCUT2D eigenvalue weighted by atomic mass is 35.5. The lowest BCUT2D eigenvalue weighted by Gasteiger charge is -2.30. The van der Waals surface area contributed by atoms with Crippen LogP contribution in [-0.2, 0) is 0 Å². The third-order valence-corrected chi connectivity index (χ3v) is 3.20. The van der Waals surface area contributed by atoms with Gasteiger partial charge in [-0.05, 0) is 25.3 Å². The van der Waals surface area contributed by atoms with Crippen molar-refractivity contribution in [3.8, 4) is 0 Å². The summed E-state index contributed by atoms with van der Waals surface area (Å²) in [6, 6.07) is 3.87. The van der Waals surface area contributed by atoms with Crippen molar-refractivity contribution in [1.82, 2.24) is 20.4 Å². The van der Waals surface area contributed by atoms with Crippen LogP contribution in [0, 0.1) is 0 Å². The Morgan fingerprint density at radius 2 is 2.35 bits per heavy atom. The first kappa shape index (κ1) is 14.8. The van der Waals surface area contributed by atoms with Gasteiger partial charge in [-0.1, -0.05) is 5.16 Å². The third-order valence-electron chi connectivity index (χ3n) is 3.20. The average Bonchev–Trinajstić information content (AvgIpc) is 3.08. The number of nitrogens with zero attached hydrogens (tertiary/aromatic N) is 3. The number of furan rings is 1. The predicted octanol–water partition coefficient (Wildman–Crippen LogP) is 1.83. The van der Waals surface area contributed by atoms with Crippen molar-refractivity contribution in [3.63, 3.8) is 0 Å². The average molecular weight is 297 g/mol. The molecule has 2 aromatic rings. The Labute approximate surface area is 123 Å². The SMILES string of the molecule is CN1CCNCC1c1noc(/C=C/c2ccco2)n1.Cl. The van der Waals surface area contributed by atoms with Crippen LogP contribution < -0.4 is 5.32 Å². The van der Waals surface area contributed by atoms with Gasteiger partial charge in [-0.15, -0.1) is 12.4 Å². The summed E-state index contributed by atoms with van der Waals surface area (Å²) in [7, 11) is 2.07. The van der Waals surface area contributed by atoms with Crippen LogP contribution in [0.15, 0.2) is 27.3 Å². The van der Waals surface area contributed by atoms with Crippen LogP contribution in [-0.4, -0.2) is 41.7 Å². The van der Waals surface area contributed by atoms with Crippen LogP contribution >= 0.6 is 12.4 Å². The molecular formula is C13H17ClN4O2. The Balaban J connectivity index is 0.00000147. The molecule has 0 saturated carbocycles. The molecule has 1 fully saturated rings. The fourth-order valence-corrected chi connectivity index (χ4v) is 2.08. The number of halogens is 1.